The number of hydrogen-bond donors (Lipinski definition) is 0. The Balaban J connectivity index is 1.95. The van der Waals surface area contributed by atoms with E-state index in [1.807, 2.05) is 0 Å². The Labute approximate surface area is 194 Å². The van der Waals surface area contributed by atoms with Gasteiger partial charge >= 0.3 is 12.1 Å². The van der Waals surface area contributed by atoms with Crippen molar-refractivity contribution in [3.05, 3.63) is 51.6 Å². The summed E-state index contributed by atoms with van der Waals surface area (Å²) >= 11 is 0.143. The Morgan fingerprint density at radius 3 is 2.52 bits per heavy atom. The highest BCUT2D eigenvalue weighted by molar-refractivity contribution is 7.14. The molecule has 2 aromatic heterocycles. The first kappa shape index (κ1) is 25.1. The lowest BCUT2D eigenvalue weighted by Crippen LogP contribution is -2.21. The highest BCUT2D eigenvalue weighted by atomic mass is 32.1. The fourth-order valence-corrected chi connectivity index (χ4v) is 4.77. The highest BCUT2D eigenvalue weighted by Gasteiger charge is 2.41. The molecule has 0 N–H and O–H groups in total. The molecule has 11 heteroatoms. The molecule has 1 aromatic carbocycles. The molecule has 2 heterocycles. The van der Waals surface area contributed by atoms with Gasteiger partial charge in [0.2, 0.25) is 5.78 Å². The van der Waals surface area contributed by atoms with Crippen LogP contribution in [0.4, 0.5) is 13.2 Å². The average Bonchev–Trinajstić information content (AvgIpc) is 3.33. The minimum absolute atomic E-state index is 0.109. The second kappa shape index (κ2) is 9.78. The number of ketones is 1. The van der Waals surface area contributed by atoms with E-state index in [0.29, 0.717) is 17.5 Å². The Bertz CT molecular complexity index is 1160. The Hall–Kier alpha value is -2.50. The van der Waals surface area contributed by atoms with Gasteiger partial charge in [-0.1, -0.05) is 37.8 Å². The molecule has 0 bridgehead atoms. The van der Waals surface area contributed by atoms with Gasteiger partial charge in [-0.15, -0.1) is 11.3 Å². The number of thiazole rings is 1. The van der Waals surface area contributed by atoms with Crippen molar-refractivity contribution in [1.29, 1.82) is 0 Å². The molecule has 0 aliphatic carbocycles. The zero-order valence-corrected chi connectivity index (χ0v) is 20.6. The van der Waals surface area contributed by atoms with Crippen LogP contribution in [-0.4, -0.2) is 42.6 Å². The van der Waals surface area contributed by atoms with Crippen LogP contribution in [0, 0.1) is 0 Å². The molecule has 0 fully saturated rings. The molecule has 33 heavy (non-hydrogen) atoms. The SMILES string of the molecule is CCOC(=O)c1nc(C(=O)c2cn(COCC[Si](C)(C)C)c3ccccc23)sc1C(F)(F)F. The maximum Gasteiger partial charge on any atom is 0.428 e. The summed E-state index contributed by atoms with van der Waals surface area (Å²) in [5.41, 5.74) is 0.0143. The summed E-state index contributed by atoms with van der Waals surface area (Å²) < 4.78 is 52.7. The van der Waals surface area contributed by atoms with Crippen LogP contribution in [0.1, 0.15) is 37.7 Å². The van der Waals surface area contributed by atoms with Gasteiger partial charge in [0.05, 0.1) is 17.7 Å². The third kappa shape index (κ3) is 5.90. The molecule has 3 rings (SSSR count). The quantitative estimate of drug-likeness (QED) is 0.161. The van der Waals surface area contributed by atoms with Gasteiger partial charge in [-0.25, -0.2) is 9.78 Å². The monoisotopic (exact) mass is 498 g/mol. The fraction of sp³-hybridized carbons (Fsp3) is 0.409. The van der Waals surface area contributed by atoms with Gasteiger partial charge in [0, 0.05) is 26.3 Å². The van der Waals surface area contributed by atoms with E-state index >= 15 is 0 Å². The molecule has 0 unspecified atom stereocenters. The normalized spacial score (nSPS) is 12.3. The van der Waals surface area contributed by atoms with Crippen LogP contribution in [0.2, 0.25) is 25.7 Å². The molecule has 0 radical (unpaired) electrons. The lowest BCUT2D eigenvalue weighted by atomic mass is 10.1. The first-order valence-electron chi connectivity index (χ1n) is 10.4. The zero-order valence-electron chi connectivity index (χ0n) is 18.8. The number of fused-ring (bicyclic) bond motifs is 1. The lowest BCUT2D eigenvalue weighted by Gasteiger charge is -2.15. The number of ether oxygens (including phenoxy) is 2. The summed E-state index contributed by atoms with van der Waals surface area (Å²) in [7, 11) is -1.26. The van der Waals surface area contributed by atoms with Crippen LogP contribution in [0.5, 0.6) is 0 Å². The molecule has 0 atom stereocenters. The number of benzene rings is 1. The number of rotatable bonds is 9. The molecule has 0 amide bonds. The molecule has 3 aromatic rings. The number of carbonyl (C=O) groups is 2. The summed E-state index contributed by atoms with van der Waals surface area (Å²) in [6, 6.07) is 8.04. The highest BCUT2D eigenvalue weighted by Crippen LogP contribution is 2.38. The second-order valence-electron chi connectivity index (χ2n) is 8.62. The van der Waals surface area contributed by atoms with Gasteiger partial charge in [0.15, 0.2) is 10.7 Å². The number of carbonyl (C=O) groups excluding carboxylic acids is 2. The number of aromatic nitrogens is 2. The number of halogens is 3. The van der Waals surface area contributed by atoms with Gasteiger partial charge < -0.3 is 14.0 Å². The second-order valence-corrected chi connectivity index (χ2v) is 15.2. The van der Waals surface area contributed by atoms with Gasteiger partial charge in [-0.2, -0.15) is 13.2 Å². The zero-order chi connectivity index (χ0) is 24.4. The summed E-state index contributed by atoms with van der Waals surface area (Å²) in [4.78, 5) is 27.7. The minimum Gasteiger partial charge on any atom is -0.461 e. The average molecular weight is 499 g/mol. The minimum atomic E-state index is -4.84. The number of alkyl halides is 3. The number of nitrogens with zero attached hydrogens (tertiary/aromatic N) is 2. The van der Waals surface area contributed by atoms with Gasteiger partial charge in [0.1, 0.15) is 11.6 Å². The van der Waals surface area contributed by atoms with Crippen LogP contribution >= 0.6 is 11.3 Å². The molecule has 0 aliphatic heterocycles. The van der Waals surface area contributed by atoms with E-state index in [4.69, 9.17) is 9.47 Å². The van der Waals surface area contributed by atoms with Crippen molar-refractivity contribution in [3.8, 4) is 0 Å². The molecule has 0 saturated heterocycles. The van der Waals surface area contributed by atoms with E-state index in [1.54, 1.807) is 35.0 Å². The lowest BCUT2D eigenvalue weighted by molar-refractivity contribution is -0.135. The summed E-state index contributed by atoms with van der Waals surface area (Å²) in [6.45, 7) is 8.88. The van der Waals surface area contributed by atoms with Crippen molar-refractivity contribution in [1.82, 2.24) is 9.55 Å². The fourth-order valence-electron chi connectivity index (χ4n) is 3.14. The Kier molecular flexibility index (Phi) is 7.44. The standard InChI is InChI=1S/C22H25F3N2O4SSi/c1-5-31-21(29)17-19(22(23,24)25)32-20(26-17)18(28)15-12-27(13-30-10-11-33(2,3)4)16-9-7-6-8-14(15)16/h6-9,12H,5,10-11,13H2,1-4H3. The molecular weight excluding hydrogens is 473 g/mol. The van der Waals surface area contributed by atoms with Gasteiger partial charge in [-0.3, -0.25) is 4.79 Å². The third-order valence-electron chi connectivity index (χ3n) is 4.81. The molecule has 6 nitrogen and oxygen atoms in total. The van der Waals surface area contributed by atoms with Crippen molar-refractivity contribution in [2.24, 2.45) is 0 Å². The number of para-hydroxylation sites is 1. The van der Waals surface area contributed by atoms with Crippen LogP contribution in [0.3, 0.4) is 0 Å². The first-order chi connectivity index (χ1) is 15.4. The number of esters is 1. The summed E-state index contributed by atoms with van der Waals surface area (Å²) in [5.74, 6) is -1.91. The maximum absolute atomic E-state index is 13.5. The Morgan fingerprint density at radius 1 is 1.18 bits per heavy atom. The summed E-state index contributed by atoms with van der Waals surface area (Å²) in [6.07, 6.45) is -3.28. The molecule has 0 spiro atoms. The van der Waals surface area contributed by atoms with Crippen molar-refractivity contribution in [2.45, 2.75) is 45.5 Å². The molecule has 0 aliphatic rings. The van der Waals surface area contributed by atoms with Crippen molar-refractivity contribution >= 4 is 42.1 Å². The van der Waals surface area contributed by atoms with Gasteiger partial charge in [0.25, 0.3) is 0 Å². The molecular formula is C22H25F3N2O4SSi. The van der Waals surface area contributed by atoms with E-state index in [9.17, 15) is 22.8 Å². The predicted molar refractivity (Wildman–Crippen MR) is 123 cm³/mol. The van der Waals surface area contributed by atoms with Crippen LogP contribution in [-0.2, 0) is 22.4 Å². The molecule has 178 valence electrons. The largest absolute Gasteiger partial charge is 0.461 e. The third-order valence-corrected chi connectivity index (χ3v) is 7.61. The van der Waals surface area contributed by atoms with E-state index in [2.05, 4.69) is 24.6 Å². The molecule has 0 saturated carbocycles. The van der Waals surface area contributed by atoms with Crippen LogP contribution in [0.15, 0.2) is 30.5 Å². The van der Waals surface area contributed by atoms with Crippen LogP contribution < -0.4 is 0 Å². The smallest absolute Gasteiger partial charge is 0.428 e. The van der Waals surface area contributed by atoms with E-state index in [1.165, 1.54) is 6.92 Å². The maximum atomic E-state index is 13.5. The van der Waals surface area contributed by atoms with Crippen molar-refractivity contribution in [3.63, 3.8) is 0 Å². The summed E-state index contributed by atoms with van der Waals surface area (Å²) in [5, 5.41) is 0.144. The van der Waals surface area contributed by atoms with E-state index < -0.39 is 41.6 Å². The Morgan fingerprint density at radius 2 is 1.88 bits per heavy atom. The topological polar surface area (TPSA) is 70.4 Å². The van der Waals surface area contributed by atoms with Crippen LogP contribution in [0.25, 0.3) is 10.9 Å². The van der Waals surface area contributed by atoms with Crippen molar-refractivity contribution in [2.75, 3.05) is 13.2 Å². The van der Waals surface area contributed by atoms with Gasteiger partial charge in [-0.05, 0) is 19.0 Å². The van der Waals surface area contributed by atoms with Crippen molar-refractivity contribution < 1.29 is 32.2 Å². The van der Waals surface area contributed by atoms with E-state index in [0.717, 1.165) is 6.04 Å². The first-order valence-corrected chi connectivity index (χ1v) is 14.9. The van der Waals surface area contributed by atoms with E-state index in [-0.39, 0.29) is 30.2 Å². The predicted octanol–water partition coefficient (Wildman–Crippen LogP) is 5.84. The number of hydrogen-bond acceptors (Lipinski definition) is 6.